The van der Waals surface area contributed by atoms with Crippen molar-refractivity contribution in [2.75, 3.05) is 16.3 Å². The summed E-state index contributed by atoms with van der Waals surface area (Å²) in [7, 11) is 3.52. The number of pyridine rings is 1. The molecule has 3 aromatic heterocycles. The largest absolute Gasteiger partial charge is 0.416 e. The lowest BCUT2D eigenvalue weighted by Crippen LogP contribution is -2.37. The van der Waals surface area contributed by atoms with Crippen LogP contribution in [0.25, 0.3) is 11.0 Å². The zero-order valence-corrected chi connectivity index (χ0v) is 24.1. The van der Waals surface area contributed by atoms with Gasteiger partial charge in [-0.2, -0.15) is 23.1 Å². The van der Waals surface area contributed by atoms with Crippen LogP contribution < -0.4 is 9.80 Å². The Balaban J connectivity index is 1.44. The van der Waals surface area contributed by atoms with Crippen molar-refractivity contribution < 1.29 is 17.6 Å². The average Bonchev–Trinajstić information content (AvgIpc) is 3.28. The topological polar surface area (TPSA) is 80.8 Å². The van der Waals surface area contributed by atoms with Gasteiger partial charge < -0.3 is 9.80 Å². The predicted octanol–water partition coefficient (Wildman–Crippen LogP) is 5.65. The number of anilines is 2. The summed E-state index contributed by atoms with van der Waals surface area (Å²) in [5, 5.41) is 18.1. The molecule has 0 unspecified atom stereocenters. The third-order valence-corrected chi connectivity index (χ3v) is 8.29. The molecule has 0 N–H and O–H groups in total. The summed E-state index contributed by atoms with van der Waals surface area (Å²) in [5.41, 5.74) is 1.95. The number of tetrazole rings is 1. The van der Waals surface area contributed by atoms with Crippen molar-refractivity contribution in [2.45, 2.75) is 77.4 Å². The van der Waals surface area contributed by atoms with Gasteiger partial charge in [-0.1, -0.05) is 24.0 Å². The van der Waals surface area contributed by atoms with Crippen molar-refractivity contribution in [1.82, 2.24) is 35.0 Å². The standard InChI is InChI=1S/C29H35F4N9/c1-18-25-13-22(26(34-27(25)39(2)36-18)42(16-19-8-9-19)24-6-4-5-7-24)17-41(28-35-38-40(3)37-28)15-21-10-20(14-30)11-23(12-21)29(31,32)33/h10-13,19,24H,4-9,14-17H2,1-3H3. The molecule has 0 saturated heterocycles. The Morgan fingerprint density at radius 1 is 0.952 bits per heavy atom. The second-order valence-corrected chi connectivity index (χ2v) is 11.7. The van der Waals surface area contributed by atoms with Gasteiger partial charge in [-0.3, -0.25) is 4.68 Å². The summed E-state index contributed by atoms with van der Waals surface area (Å²) in [6, 6.07) is 5.85. The Hall–Kier alpha value is -3.77. The summed E-state index contributed by atoms with van der Waals surface area (Å²) in [6.45, 7) is 2.16. The van der Waals surface area contributed by atoms with Crippen LogP contribution in [-0.4, -0.2) is 47.6 Å². The van der Waals surface area contributed by atoms with Gasteiger partial charge in [0.05, 0.1) is 18.3 Å². The van der Waals surface area contributed by atoms with Gasteiger partial charge in [0, 0.05) is 43.7 Å². The zero-order valence-electron chi connectivity index (χ0n) is 24.1. The van der Waals surface area contributed by atoms with Gasteiger partial charge in [-0.15, -0.1) is 5.10 Å². The van der Waals surface area contributed by atoms with Crippen molar-refractivity contribution in [3.8, 4) is 0 Å². The molecule has 0 amide bonds. The Bertz CT molecular complexity index is 1570. The van der Waals surface area contributed by atoms with E-state index in [2.05, 4.69) is 31.5 Å². The number of hydrogen-bond donors (Lipinski definition) is 0. The molecule has 0 radical (unpaired) electrons. The minimum Gasteiger partial charge on any atom is -0.353 e. The molecule has 0 atom stereocenters. The van der Waals surface area contributed by atoms with Gasteiger partial charge in [0.2, 0.25) is 0 Å². The molecule has 42 heavy (non-hydrogen) atoms. The van der Waals surface area contributed by atoms with Crippen LogP contribution >= 0.6 is 0 Å². The highest BCUT2D eigenvalue weighted by Crippen LogP contribution is 2.38. The van der Waals surface area contributed by atoms with E-state index >= 15 is 0 Å². The molecular formula is C29H35F4N9. The quantitative estimate of drug-likeness (QED) is 0.223. The zero-order chi connectivity index (χ0) is 29.6. The maximum absolute atomic E-state index is 13.7. The molecule has 224 valence electrons. The molecule has 0 spiro atoms. The van der Waals surface area contributed by atoms with Gasteiger partial charge in [0.15, 0.2) is 5.65 Å². The Morgan fingerprint density at radius 2 is 1.69 bits per heavy atom. The van der Waals surface area contributed by atoms with Crippen molar-refractivity contribution in [3.05, 3.63) is 52.2 Å². The molecule has 0 bridgehead atoms. The average molecular weight is 586 g/mol. The number of aryl methyl sites for hydroxylation is 3. The minimum atomic E-state index is -4.60. The van der Waals surface area contributed by atoms with Crippen LogP contribution in [0.15, 0.2) is 24.3 Å². The molecule has 2 saturated carbocycles. The third kappa shape index (κ3) is 5.91. The van der Waals surface area contributed by atoms with Gasteiger partial charge >= 0.3 is 6.18 Å². The maximum atomic E-state index is 13.7. The first kappa shape index (κ1) is 28.4. The first-order chi connectivity index (χ1) is 20.1. The van der Waals surface area contributed by atoms with Crippen LogP contribution in [0.1, 0.15) is 66.5 Å². The second kappa shape index (κ2) is 11.1. The highest BCUT2D eigenvalue weighted by Gasteiger charge is 2.34. The number of halogens is 4. The number of alkyl halides is 4. The van der Waals surface area contributed by atoms with E-state index in [1.54, 1.807) is 16.6 Å². The molecular weight excluding hydrogens is 550 g/mol. The summed E-state index contributed by atoms with van der Waals surface area (Å²) in [6.07, 6.45) is 2.36. The Labute approximate surface area is 241 Å². The summed E-state index contributed by atoms with van der Waals surface area (Å²) >= 11 is 0. The molecule has 4 aromatic rings. The highest BCUT2D eigenvalue weighted by molar-refractivity contribution is 5.82. The third-order valence-electron chi connectivity index (χ3n) is 8.29. The van der Waals surface area contributed by atoms with Crippen LogP contribution in [0.4, 0.5) is 29.3 Å². The first-order valence-corrected chi connectivity index (χ1v) is 14.4. The van der Waals surface area contributed by atoms with Gasteiger partial charge in [-0.05, 0) is 73.1 Å². The molecule has 3 heterocycles. The van der Waals surface area contributed by atoms with E-state index in [1.807, 2.05) is 14.0 Å². The fourth-order valence-corrected chi connectivity index (χ4v) is 6.06. The van der Waals surface area contributed by atoms with Crippen molar-refractivity contribution >= 4 is 22.8 Å². The van der Waals surface area contributed by atoms with E-state index in [-0.39, 0.29) is 24.6 Å². The number of hydrogen-bond acceptors (Lipinski definition) is 7. The number of nitrogens with zero attached hydrogens (tertiary/aromatic N) is 9. The van der Waals surface area contributed by atoms with Crippen molar-refractivity contribution in [2.24, 2.45) is 20.0 Å². The fraction of sp³-hybridized carbons (Fsp3) is 0.552. The summed E-state index contributed by atoms with van der Waals surface area (Å²) in [4.78, 5) is 10.7. The van der Waals surface area contributed by atoms with Crippen LogP contribution in [0.5, 0.6) is 0 Å². The molecule has 2 aliphatic rings. The smallest absolute Gasteiger partial charge is 0.353 e. The lowest BCUT2D eigenvalue weighted by atomic mass is 10.0. The highest BCUT2D eigenvalue weighted by atomic mass is 19.4. The van der Waals surface area contributed by atoms with Gasteiger partial charge in [0.25, 0.3) is 5.95 Å². The van der Waals surface area contributed by atoms with Crippen molar-refractivity contribution in [1.29, 1.82) is 0 Å². The van der Waals surface area contributed by atoms with E-state index in [1.165, 1.54) is 36.5 Å². The Morgan fingerprint density at radius 3 is 2.33 bits per heavy atom. The van der Waals surface area contributed by atoms with Gasteiger partial charge in [-0.25, -0.2) is 9.37 Å². The van der Waals surface area contributed by atoms with E-state index in [9.17, 15) is 17.6 Å². The number of aromatic nitrogens is 7. The van der Waals surface area contributed by atoms with Crippen LogP contribution in [0.3, 0.4) is 0 Å². The van der Waals surface area contributed by atoms with Crippen LogP contribution in [-0.2, 0) is 40.0 Å². The van der Waals surface area contributed by atoms with E-state index in [0.29, 0.717) is 17.5 Å². The molecule has 13 heteroatoms. The normalized spacial score (nSPS) is 16.1. The van der Waals surface area contributed by atoms with E-state index in [0.717, 1.165) is 59.6 Å². The molecule has 0 aliphatic heterocycles. The number of rotatable bonds is 10. The second-order valence-electron chi connectivity index (χ2n) is 11.7. The lowest BCUT2D eigenvalue weighted by Gasteiger charge is -2.33. The molecule has 1 aromatic carbocycles. The van der Waals surface area contributed by atoms with Crippen LogP contribution in [0, 0.1) is 12.8 Å². The summed E-state index contributed by atoms with van der Waals surface area (Å²) < 4.78 is 56.5. The molecule has 9 nitrogen and oxygen atoms in total. The van der Waals surface area contributed by atoms with Crippen molar-refractivity contribution in [3.63, 3.8) is 0 Å². The maximum Gasteiger partial charge on any atom is 0.416 e. The van der Waals surface area contributed by atoms with E-state index in [4.69, 9.17) is 4.98 Å². The minimum absolute atomic E-state index is 0.0260. The molecule has 6 rings (SSSR count). The number of benzene rings is 1. The predicted molar refractivity (Wildman–Crippen MR) is 151 cm³/mol. The first-order valence-electron chi connectivity index (χ1n) is 14.4. The number of fused-ring (bicyclic) bond motifs is 1. The summed E-state index contributed by atoms with van der Waals surface area (Å²) in [5.74, 6) is 1.76. The van der Waals surface area contributed by atoms with E-state index < -0.39 is 18.4 Å². The van der Waals surface area contributed by atoms with Gasteiger partial charge in [0.1, 0.15) is 12.5 Å². The molecule has 2 fully saturated rings. The monoisotopic (exact) mass is 585 g/mol. The fourth-order valence-electron chi connectivity index (χ4n) is 6.06. The lowest BCUT2D eigenvalue weighted by molar-refractivity contribution is -0.137. The molecule has 2 aliphatic carbocycles. The van der Waals surface area contributed by atoms with Crippen LogP contribution in [0.2, 0.25) is 0 Å². The Kier molecular flexibility index (Phi) is 7.52. The SMILES string of the molecule is Cc1nn(C)c2nc(N(CC3CC3)C3CCCC3)c(CN(Cc3cc(CF)cc(C(F)(F)F)c3)c3nnn(C)n3)cc12.